The van der Waals surface area contributed by atoms with Crippen LogP contribution in [0.4, 0.5) is 5.82 Å². The Kier molecular flexibility index (Phi) is 2.79. The van der Waals surface area contributed by atoms with Gasteiger partial charge < -0.3 is 10.6 Å². The maximum Gasteiger partial charge on any atom is 0.158 e. The molecule has 2 rings (SSSR count). The van der Waals surface area contributed by atoms with E-state index in [1.165, 1.54) is 6.20 Å². The van der Waals surface area contributed by atoms with E-state index in [1.54, 1.807) is 6.20 Å². The molecule has 5 nitrogen and oxygen atoms in total. The lowest BCUT2D eigenvalue weighted by Gasteiger charge is -2.30. The highest BCUT2D eigenvalue weighted by atomic mass is 15.2. The minimum Gasteiger partial charge on any atom is -0.355 e. The van der Waals surface area contributed by atoms with Crippen molar-refractivity contribution in [1.82, 2.24) is 9.97 Å². The first-order valence-electron chi connectivity index (χ1n) is 5.02. The third-order valence-electron chi connectivity index (χ3n) is 2.62. The van der Waals surface area contributed by atoms with Gasteiger partial charge in [-0.15, -0.1) is 0 Å². The van der Waals surface area contributed by atoms with Crippen molar-refractivity contribution >= 4 is 5.82 Å². The van der Waals surface area contributed by atoms with E-state index in [2.05, 4.69) is 14.9 Å². The maximum absolute atomic E-state index is 8.59. The fraction of sp³-hybridized carbons (Fsp3) is 0.500. The molecule has 78 valence electrons. The van der Waals surface area contributed by atoms with Crippen molar-refractivity contribution in [3.63, 3.8) is 0 Å². The fourth-order valence-electron chi connectivity index (χ4n) is 1.67. The average Bonchev–Trinajstić information content (AvgIpc) is 2.30. The number of nitrogens with two attached hydrogens (primary N) is 1. The molecule has 0 radical (unpaired) electrons. The van der Waals surface area contributed by atoms with Gasteiger partial charge in [-0.3, -0.25) is 0 Å². The molecule has 0 atom stereocenters. The molecule has 1 aromatic heterocycles. The van der Waals surface area contributed by atoms with Crippen LogP contribution < -0.4 is 10.6 Å². The topological polar surface area (TPSA) is 78.8 Å². The zero-order chi connectivity index (χ0) is 10.7. The monoisotopic (exact) mass is 203 g/mol. The van der Waals surface area contributed by atoms with Crippen LogP contribution in [0.15, 0.2) is 12.4 Å². The van der Waals surface area contributed by atoms with Crippen molar-refractivity contribution in [1.29, 1.82) is 5.26 Å². The van der Waals surface area contributed by atoms with Crippen LogP contribution in [-0.2, 0) is 0 Å². The molecule has 5 heteroatoms. The highest BCUT2D eigenvalue weighted by Crippen LogP contribution is 2.15. The fourth-order valence-corrected chi connectivity index (χ4v) is 1.67. The lowest BCUT2D eigenvalue weighted by atomic mass is 10.1. The zero-order valence-electron chi connectivity index (χ0n) is 8.43. The number of nitriles is 1. The van der Waals surface area contributed by atoms with Crippen LogP contribution >= 0.6 is 0 Å². The third kappa shape index (κ3) is 2.22. The Balaban J connectivity index is 2.07. The normalized spacial score (nSPS) is 17.5. The van der Waals surface area contributed by atoms with Crippen LogP contribution in [-0.4, -0.2) is 29.1 Å². The van der Waals surface area contributed by atoms with E-state index in [0.29, 0.717) is 11.7 Å². The van der Waals surface area contributed by atoms with Crippen LogP contribution in [0.2, 0.25) is 0 Å². The van der Waals surface area contributed by atoms with Gasteiger partial charge in [0, 0.05) is 19.1 Å². The molecule has 0 spiro atoms. The lowest BCUT2D eigenvalue weighted by Crippen LogP contribution is -2.40. The van der Waals surface area contributed by atoms with Crippen molar-refractivity contribution in [3.8, 4) is 6.07 Å². The standard InChI is InChI=1S/C10H13N5/c11-5-9-6-14-10(7-13-9)15-3-1-8(12)2-4-15/h6-8H,1-4,12H2. The van der Waals surface area contributed by atoms with Gasteiger partial charge in [0.1, 0.15) is 11.9 Å². The molecule has 2 N–H and O–H groups in total. The molecular formula is C10H13N5. The van der Waals surface area contributed by atoms with Crippen LogP contribution in [0.25, 0.3) is 0 Å². The Morgan fingerprint density at radius 3 is 2.60 bits per heavy atom. The number of aromatic nitrogens is 2. The molecule has 0 aliphatic carbocycles. The lowest BCUT2D eigenvalue weighted by molar-refractivity contribution is 0.498. The molecule has 1 aromatic rings. The summed E-state index contributed by atoms with van der Waals surface area (Å²) in [5.74, 6) is 0.834. The molecule has 1 aliphatic heterocycles. The highest BCUT2D eigenvalue weighted by Gasteiger charge is 2.17. The van der Waals surface area contributed by atoms with Crippen LogP contribution in [0.5, 0.6) is 0 Å². The van der Waals surface area contributed by atoms with E-state index in [4.69, 9.17) is 11.0 Å². The van der Waals surface area contributed by atoms with Gasteiger partial charge in [0.15, 0.2) is 5.69 Å². The molecule has 1 saturated heterocycles. The number of hydrogen-bond donors (Lipinski definition) is 1. The summed E-state index contributed by atoms with van der Waals surface area (Å²) in [6, 6.07) is 2.26. The Hall–Kier alpha value is -1.67. The summed E-state index contributed by atoms with van der Waals surface area (Å²) in [7, 11) is 0. The first-order valence-corrected chi connectivity index (χ1v) is 5.02. The van der Waals surface area contributed by atoms with Gasteiger partial charge in [-0.25, -0.2) is 9.97 Å². The third-order valence-corrected chi connectivity index (χ3v) is 2.62. The van der Waals surface area contributed by atoms with E-state index in [0.717, 1.165) is 31.7 Å². The summed E-state index contributed by atoms with van der Waals surface area (Å²) in [6.45, 7) is 1.84. The predicted molar refractivity (Wildman–Crippen MR) is 56.2 cm³/mol. The summed E-state index contributed by atoms with van der Waals surface area (Å²) in [5.41, 5.74) is 6.17. The molecule has 0 amide bonds. The van der Waals surface area contributed by atoms with Gasteiger partial charge in [0.2, 0.25) is 0 Å². The van der Waals surface area contributed by atoms with Gasteiger partial charge in [0.05, 0.1) is 12.4 Å². The van der Waals surface area contributed by atoms with E-state index in [1.807, 2.05) is 6.07 Å². The van der Waals surface area contributed by atoms with Gasteiger partial charge in [0.25, 0.3) is 0 Å². The number of rotatable bonds is 1. The van der Waals surface area contributed by atoms with Gasteiger partial charge in [-0.2, -0.15) is 5.26 Å². The zero-order valence-corrected chi connectivity index (χ0v) is 8.43. The summed E-state index contributed by atoms with van der Waals surface area (Å²) in [4.78, 5) is 10.3. The second-order valence-corrected chi connectivity index (χ2v) is 3.70. The average molecular weight is 203 g/mol. The Bertz CT molecular complexity index is 358. The second kappa shape index (κ2) is 4.24. The van der Waals surface area contributed by atoms with Crippen molar-refractivity contribution in [2.75, 3.05) is 18.0 Å². The van der Waals surface area contributed by atoms with Gasteiger partial charge in [-0.05, 0) is 12.8 Å². The van der Waals surface area contributed by atoms with Crippen molar-refractivity contribution in [2.45, 2.75) is 18.9 Å². The summed E-state index contributed by atoms with van der Waals surface area (Å²) < 4.78 is 0. The largest absolute Gasteiger partial charge is 0.355 e. The summed E-state index contributed by atoms with van der Waals surface area (Å²) in [6.07, 6.45) is 5.13. The SMILES string of the molecule is N#Cc1cnc(N2CCC(N)CC2)cn1. The number of hydrogen-bond acceptors (Lipinski definition) is 5. The molecule has 1 aliphatic rings. The highest BCUT2D eigenvalue weighted by molar-refractivity contribution is 5.37. The number of nitrogens with zero attached hydrogens (tertiary/aromatic N) is 4. The smallest absolute Gasteiger partial charge is 0.158 e. The van der Waals surface area contributed by atoms with Crippen molar-refractivity contribution in [3.05, 3.63) is 18.1 Å². The quantitative estimate of drug-likeness (QED) is 0.709. The minimum atomic E-state index is 0.313. The Labute approximate surface area is 88.5 Å². The first kappa shape index (κ1) is 9.87. The minimum absolute atomic E-state index is 0.313. The molecule has 1 fully saturated rings. The summed E-state index contributed by atoms with van der Waals surface area (Å²) >= 11 is 0. The van der Waals surface area contributed by atoms with E-state index < -0.39 is 0 Å². The van der Waals surface area contributed by atoms with Crippen molar-refractivity contribution < 1.29 is 0 Å². The van der Waals surface area contributed by atoms with Gasteiger partial charge >= 0.3 is 0 Å². The Morgan fingerprint density at radius 2 is 2.07 bits per heavy atom. The molecular weight excluding hydrogens is 190 g/mol. The van der Waals surface area contributed by atoms with Gasteiger partial charge in [-0.1, -0.05) is 0 Å². The maximum atomic E-state index is 8.59. The molecule has 2 heterocycles. The van der Waals surface area contributed by atoms with E-state index >= 15 is 0 Å². The second-order valence-electron chi connectivity index (χ2n) is 3.70. The molecule has 15 heavy (non-hydrogen) atoms. The van der Waals surface area contributed by atoms with Crippen LogP contribution in [0.1, 0.15) is 18.5 Å². The van der Waals surface area contributed by atoms with Crippen LogP contribution in [0, 0.1) is 11.3 Å². The van der Waals surface area contributed by atoms with Crippen LogP contribution in [0.3, 0.4) is 0 Å². The molecule has 0 aromatic carbocycles. The number of piperidine rings is 1. The molecule has 0 unspecified atom stereocenters. The van der Waals surface area contributed by atoms with Crippen molar-refractivity contribution in [2.24, 2.45) is 5.73 Å². The number of anilines is 1. The Morgan fingerprint density at radius 1 is 1.33 bits per heavy atom. The summed E-state index contributed by atoms with van der Waals surface area (Å²) in [5, 5.41) is 8.59. The predicted octanol–water partition coefficient (Wildman–Crippen LogP) is 0.276. The molecule has 0 bridgehead atoms. The molecule has 0 saturated carbocycles. The van der Waals surface area contributed by atoms with E-state index in [9.17, 15) is 0 Å². The first-order chi connectivity index (χ1) is 7.29. The van der Waals surface area contributed by atoms with E-state index in [-0.39, 0.29) is 0 Å².